The van der Waals surface area contributed by atoms with Crippen molar-refractivity contribution >= 4 is 16.8 Å². The number of aromatic nitrogens is 3. The molecule has 0 bridgehead atoms. The molecule has 0 fully saturated rings. The molecule has 4 aromatic rings. The Labute approximate surface area is 174 Å². The highest BCUT2D eigenvalue weighted by molar-refractivity contribution is 6.07. The first-order valence-electron chi connectivity index (χ1n) is 9.76. The van der Waals surface area contributed by atoms with E-state index < -0.39 is 5.41 Å². The van der Waals surface area contributed by atoms with Gasteiger partial charge < -0.3 is 5.32 Å². The monoisotopic (exact) mass is 402 g/mol. The van der Waals surface area contributed by atoms with Gasteiger partial charge in [-0.1, -0.05) is 44.2 Å². The maximum absolute atomic E-state index is 13.6. The number of para-hydroxylation sites is 1. The Bertz CT molecular complexity index is 1230. The number of amides is 1. The van der Waals surface area contributed by atoms with Gasteiger partial charge in [0.15, 0.2) is 0 Å². The van der Waals surface area contributed by atoms with Crippen LogP contribution in [0, 0.1) is 5.82 Å². The molecule has 4 rings (SSSR count). The van der Waals surface area contributed by atoms with Gasteiger partial charge in [-0.25, -0.2) is 9.37 Å². The second-order valence-electron chi connectivity index (χ2n) is 8.05. The lowest BCUT2D eigenvalue weighted by molar-refractivity contribution is 0.0947. The number of fused-ring (bicyclic) bond motifs is 1. The Morgan fingerprint density at radius 2 is 1.93 bits per heavy atom. The van der Waals surface area contributed by atoms with Crippen molar-refractivity contribution in [3.8, 4) is 11.3 Å². The highest BCUT2D eigenvalue weighted by Gasteiger charge is 2.23. The average Bonchev–Trinajstić information content (AvgIpc) is 3.17. The molecule has 1 amide bonds. The summed E-state index contributed by atoms with van der Waals surface area (Å²) in [6, 6.07) is 15.9. The largest absolute Gasteiger partial charge is 0.351 e. The van der Waals surface area contributed by atoms with Crippen LogP contribution in [0.4, 0.5) is 4.39 Å². The summed E-state index contributed by atoms with van der Waals surface area (Å²) in [7, 11) is 1.84. The van der Waals surface area contributed by atoms with E-state index in [1.165, 1.54) is 12.1 Å². The van der Waals surface area contributed by atoms with Crippen molar-refractivity contribution in [1.29, 1.82) is 0 Å². The lowest BCUT2D eigenvalue weighted by atomic mass is 9.84. The summed E-state index contributed by atoms with van der Waals surface area (Å²) in [4.78, 5) is 17.9. The molecule has 0 spiro atoms. The summed E-state index contributed by atoms with van der Waals surface area (Å²) < 4.78 is 15.3. The Balaban J connectivity index is 1.65. The van der Waals surface area contributed by atoms with Crippen LogP contribution in [0.2, 0.25) is 0 Å². The summed E-state index contributed by atoms with van der Waals surface area (Å²) >= 11 is 0. The summed E-state index contributed by atoms with van der Waals surface area (Å²) in [5.41, 5.74) is 3.24. The topological polar surface area (TPSA) is 59.8 Å². The number of nitrogens with zero attached hydrogens (tertiary/aromatic N) is 3. The van der Waals surface area contributed by atoms with Crippen LogP contribution in [0.1, 0.15) is 29.8 Å². The fraction of sp³-hybridized carbons (Fsp3) is 0.208. The van der Waals surface area contributed by atoms with Crippen molar-refractivity contribution in [2.75, 3.05) is 6.54 Å². The van der Waals surface area contributed by atoms with E-state index in [1.54, 1.807) is 23.0 Å². The van der Waals surface area contributed by atoms with E-state index in [2.05, 4.69) is 10.4 Å². The normalized spacial score (nSPS) is 11.6. The number of carbonyl (C=O) groups is 1. The molecule has 152 valence electrons. The van der Waals surface area contributed by atoms with E-state index in [9.17, 15) is 9.18 Å². The first-order valence-corrected chi connectivity index (χ1v) is 9.76. The van der Waals surface area contributed by atoms with Gasteiger partial charge in [0.2, 0.25) is 0 Å². The molecule has 30 heavy (non-hydrogen) atoms. The third kappa shape index (κ3) is 3.94. The van der Waals surface area contributed by atoms with Gasteiger partial charge >= 0.3 is 0 Å². The predicted octanol–water partition coefficient (Wildman–Crippen LogP) is 4.48. The first kappa shape index (κ1) is 19.8. The van der Waals surface area contributed by atoms with Gasteiger partial charge in [0, 0.05) is 36.2 Å². The van der Waals surface area contributed by atoms with Crippen LogP contribution in [0.3, 0.4) is 0 Å². The molecule has 0 unspecified atom stereocenters. The van der Waals surface area contributed by atoms with E-state index in [-0.39, 0.29) is 11.7 Å². The van der Waals surface area contributed by atoms with Crippen LogP contribution in [-0.2, 0) is 12.5 Å². The zero-order chi connectivity index (χ0) is 21.3. The Morgan fingerprint density at radius 3 is 2.67 bits per heavy atom. The Kier molecular flexibility index (Phi) is 5.08. The van der Waals surface area contributed by atoms with Gasteiger partial charge in [0.05, 0.1) is 23.0 Å². The molecule has 0 aliphatic carbocycles. The molecule has 0 atom stereocenters. The van der Waals surface area contributed by atoms with Gasteiger partial charge in [0.25, 0.3) is 5.91 Å². The maximum atomic E-state index is 13.6. The number of pyridine rings is 1. The molecule has 0 saturated heterocycles. The van der Waals surface area contributed by atoms with Crippen LogP contribution in [0.15, 0.2) is 67.0 Å². The summed E-state index contributed by atoms with van der Waals surface area (Å²) in [5, 5.41) is 8.01. The first-order chi connectivity index (χ1) is 14.3. The molecule has 0 saturated carbocycles. The second kappa shape index (κ2) is 7.71. The van der Waals surface area contributed by atoms with Crippen molar-refractivity contribution in [1.82, 2.24) is 20.1 Å². The molecule has 2 aromatic carbocycles. The zero-order valence-corrected chi connectivity index (χ0v) is 17.2. The minimum atomic E-state index is -0.424. The quantitative estimate of drug-likeness (QED) is 0.535. The standard InChI is InChI=1S/C24H23FN4O/c1-24(2,17-7-6-8-18(25)11-17)15-26-23(30)20-12-22(16-13-27-29(3)14-16)28-21-10-5-4-9-19(20)21/h4-14H,15H2,1-3H3,(H,26,30). The highest BCUT2D eigenvalue weighted by Crippen LogP contribution is 2.26. The molecule has 0 aliphatic rings. The van der Waals surface area contributed by atoms with Crippen molar-refractivity contribution in [3.63, 3.8) is 0 Å². The molecule has 2 aromatic heterocycles. The van der Waals surface area contributed by atoms with E-state index in [0.29, 0.717) is 17.8 Å². The lowest BCUT2D eigenvalue weighted by Crippen LogP contribution is -2.36. The minimum Gasteiger partial charge on any atom is -0.351 e. The number of hydrogen-bond donors (Lipinski definition) is 1. The van der Waals surface area contributed by atoms with E-state index in [0.717, 1.165) is 22.0 Å². The molecule has 6 heteroatoms. The lowest BCUT2D eigenvalue weighted by Gasteiger charge is -2.26. The highest BCUT2D eigenvalue weighted by atomic mass is 19.1. The summed E-state index contributed by atoms with van der Waals surface area (Å²) in [5.74, 6) is -0.476. The number of hydrogen-bond acceptors (Lipinski definition) is 3. The van der Waals surface area contributed by atoms with Gasteiger partial charge in [0.1, 0.15) is 5.82 Å². The van der Waals surface area contributed by atoms with Crippen LogP contribution < -0.4 is 5.32 Å². The van der Waals surface area contributed by atoms with Gasteiger partial charge in [-0.3, -0.25) is 9.48 Å². The van der Waals surface area contributed by atoms with Crippen molar-refractivity contribution in [3.05, 3.63) is 83.9 Å². The van der Waals surface area contributed by atoms with E-state index >= 15 is 0 Å². The summed E-state index contributed by atoms with van der Waals surface area (Å²) in [6.07, 6.45) is 3.59. The van der Waals surface area contributed by atoms with Gasteiger partial charge in [-0.05, 0) is 29.8 Å². The van der Waals surface area contributed by atoms with Crippen LogP contribution in [0.25, 0.3) is 22.2 Å². The van der Waals surface area contributed by atoms with Crippen molar-refractivity contribution in [2.24, 2.45) is 7.05 Å². The molecule has 0 aliphatic heterocycles. The van der Waals surface area contributed by atoms with E-state index in [4.69, 9.17) is 4.98 Å². The number of rotatable bonds is 5. The number of halogens is 1. The van der Waals surface area contributed by atoms with E-state index in [1.807, 2.05) is 57.4 Å². The number of aryl methyl sites for hydroxylation is 1. The fourth-order valence-corrected chi connectivity index (χ4v) is 3.47. The van der Waals surface area contributed by atoms with Gasteiger partial charge in [-0.2, -0.15) is 5.10 Å². The zero-order valence-electron chi connectivity index (χ0n) is 17.2. The number of nitrogens with one attached hydrogen (secondary N) is 1. The Morgan fingerprint density at radius 1 is 1.13 bits per heavy atom. The van der Waals surface area contributed by atoms with Crippen LogP contribution in [0.5, 0.6) is 0 Å². The van der Waals surface area contributed by atoms with Crippen molar-refractivity contribution in [2.45, 2.75) is 19.3 Å². The van der Waals surface area contributed by atoms with Gasteiger partial charge in [-0.15, -0.1) is 0 Å². The molecule has 1 N–H and O–H groups in total. The Hall–Kier alpha value is -3.54. The predicted molar refractivity (Wildman–Crippen MR) is 116 cm³/mol. The second-order valence-corrected chi connectivity index (χ2v) is 8.05. The molecule has 0 radical (unpaired) electrons. The molecular weight excluding hydrogens is 379 g/mol. The van der Waals surface area contributed by atoms with Crippen LogP contribution >= 0.6 is 0 Å². The van der Waals surface area contributed by atoms with Crippen LogP contribution in [-0.4, -0.2) is 27.2 Å². The molecular formula is C24H23FN4O. The smallest absolute Gasteiger partial charge is 0.252 e. The molecule has 5 nitrogen and oxygen atoms in total. The average molecular weight is 402 g/mol. The third-order valence-corrected chi connectivity index (χ3v) is 5.26. The SMILES string of the molecule is Cn1cc(-c2cc(C(=O)NCC(C)(C)c3cccc(F)c3)c3ccccc3n2)cn1. The van der Waals surface area contributed by atoms with Crippen molar-refractivity contribution < 1.29 is 9.18 Å². The number of benzene rings is 2. The maximum Gasteiger partial charge on any atom is 0.252 e. The minimum absolute atomic E-state index is 0.191. The fourth-order valence-electron chi connectivity index (χ4n) is 3.47. The number of carbonyl (C=O) groups excluding carboxylic acids is 1. The molecule has 2 heterocycles. The summed E-state index contributed by atoms with van der Waals surface area (Å²) in [6.45, 7) is 4.33. The third-order valence-electron chi connectivity index (χ3n) is 5.26.